The fourth-order valence-corrected chi connectivity index (χ4v) is 2.26. The molecule has 0 aliphatic rings. The van der Waals surface area contributed by atoms with Crippen LogP contribution < -0.4 is 0 Å². The lowest BCUT2D eigenvalue weighted by Gasteiger charge is -2.24. The first kappa shape index (κ1) is 16.7. The van der Waals surface area contributed by atoms with E-state index in [4.69, 9.17) is 5.11 Å². The van der Waals surface area contributed by atoms with Crippen molar-refractivity contribution in [2.75, 3.05) is 26.8 Å². The van der Waals surface area contributed by atoms with Gasteiger partial charge < -0.3 is 14.7 Å². The van der Waals surface area contributed by atoms with Gasteiger partial charge in [0.2, 0.25) is 0 Å². The highest BCUT2D eigenvalue weighted by Crippen LogP contribution is 2.18. The molecular weight excluding hydrogens is 326 g/mol. The molecule has 1 amide bonds. The van der Waals surface area contributed by atoms with Crippen LogP contribution in [0.15, 0.2) is 28.7 Å². The number of carbonyl (C=O) groups is 2. The average Bonchev–Trinajstić information content (AvgIpc) is 2.45. The van der Waals surface area contributed by atoms with Gasteiger partial charge in [-0.05, 0) is 28.1 Å². The molecule has 1 atom stereocenters. The third-order valence-electron chi connectivity index (χ3n) is 2.86. The summed E-state index contributed by atoms with van der Waals surface area (Å²) in [7, 11) is 1.31. The van der Waals surface area contributed by atoms with Crippen molar-refractivity contribution in [3.05, 3.63) is 34.3 Å². The number of amides is 1. The number of aliphatic hydroxyl groups is 1. The topological polar surface area (TPSA) is 66.8 Å². The number of nitrogens with zero attached hydrogens (tertiary/aromatic N) is 1. The van der Waals surface area contributed by atoms with Gasteiger partial charge in [-0.15, -0.1) is 0 Å². The minimum atomic E-state index is -0.446. The van der Waals surface area contributed by atoms with E-state index in [0.717, 1.165) is 0 Å². The van der Waals surface area contributed by atoms with Gasteiger partial charge >= 0.3 is 5.97 Å². The first-order valence-electron chi connectivity index (χ1n) is 6.23. The Morgan fingerprint density at radius 1 is 1.40 bits per heavy atom. The van der Waals surface area contributed by atoms with Crippen molar-refractivity contribution in [1.82, 2.24) is 4.90 Å². The zero-order valence-corrected chi connectivity index (χ0v) is 13.1. The summed E-state index contributed by atoms with van der Waals surface area (Å²) in [5, 5.41) is 9.09. The van der Waals surface area contributed by atoms with E-state index >= 15 is 0 Å². The molecule has 1 unspecified atom stereocenters. The zero-order chi connectivity index (χ0) is 15.1. The highest BCUT2D eigenvalue weighted by Gasteiger charge is 2.23. The van der Waals surface area contributed by atoms with Gasteiger partial charge in [0, 0.05) is 17.6 Å². The molecule has 0 heterocycles. The molecule has 0 bridgehead atoms. The summed E-state index contributed by atoms with van der Waals surface area (Å²) in [5.74, 6) is -1.06. The molecular formula is C14H18BrNO4. The van der Waals surface area contributed by atoms with Gasteiger partial charge in [-0.1, -0.05) is 19.1 Å². The van der Waals surface area contributed by atoms with Crippen LogP contribution in [0, 0.1) is 5.92 Å². The van der Waals surface area contributed by atoms with Gasteiger partial charge in [-0.3, -0.25) is 9.59 Å². The second-order valence-electron chi connectivity index (χ2n) is 4.38. The summed E-state index contributed by atoms with van der Waals surface area (Å²) in [6.45, 7) is 1.89. The van der Waals surface area contributed by atoms with Gasteiger partial charge in [-0.25, -0.2) is 0 Å². The minimum Gasteiger partial charge on any atom is -0.469 e. The molecule has 0 aliphatic carbocycles. The van der Waals surface area contributed by atoms with Gasteiger partial charge in [0.05, 0.1) is 25.2 Å². The maximum absolute atomic E-state index is 12.4. The number of hydrogen-bond donors (Lipinski definition) is 1. The molecule has 1 aromatic carbocycles. The van der Waals surface area contributed by atoms with Crippen LogP contribution in [0.1, 0.15) is 17.3 Å². The number of methoxy groups -OCH3 is 1. The molecule has 1 aromatic rings. The fourth-order valence-electron chi connectivity index (χ4n) is 1.81. The van der Waals surface area contributed by atoms with E-state index in [1.807, 2.05) is 6.07 Å². The molecule has 6 heteroatoms. The maximum atomic E-state index is 12.4. The first-order valence-corrected chi connectivity index (χ1v) is 7.03. The lowest BCUT2D eigenvalue weighted by atomic mass is 10.1. The van der Waals surface area contributed by atoms with Crippen LogP contribution in [-0.2, 0) is 9.53 Å². The van der Waals surface area contributed by atoms with Crippen molar-refractivity contribution in [2.45, 2.75) is 6.92 Å². The smallest absolute Gasteiger partial charge is 0.310 e. The number of benzene rings is 1. The third-order valence-corrected chi connectivity index (χ3v) is 3.55. The average molecular weight is 344 g/mol. The predicted octanol–water partition coefficient (Wildman–Crippen LogP) is 1.69. The van der Waals surface area contributed by atoms with Crippen LogP contribution in [0.2, 0.25) is 0 Å². The molecule has 0 fully saturated rings. The van der Waals surface area contributed by atoms with E-state index in [0.29, 0.717) is 10.0 Å². The molecule has 1 N–H and O–H groups in total. The van der Waals surface area contributed by atoms with Crippen molar-refractivity contribution in [1.29, 1.82) is 0 Å². The van der Waals surface area contributed by atoms with E-state index in [-0.39, 0.29) is 31.6 Å². The number of rotatable bonds is 6. The van der Waals surface area contributed by atoms with E-state index in [1.54, 1.807) is 25.1 Å². The Kier molecular flexibility index (Phi) is 6.67. The Morgan fingerprint density at radius 3 is 2.60 bits per heavy atom. The number of carbonyl (C=O) groups excluding carboxylic acids is 2. The maximum Gasteiger partial charge on any atom is 0.310 e. The van der Waals surface area contributed by atoms with Crippen LogP contribution in [0.5, 0.6) is 0 Å². The molecule has 5 nitrogen and oxygen atoms in total. The van der Waals surface area contributed by atoms with E-state index in [9.17, 15) is 9.59 Å². The Hall–Kier alpha value is -1.40. The SMILES string of the molecule is COC(=O)C(C)CN(CCO)C(=O)c1ccccc1Br. The van der Waals surface area contributed by atoms with Crippen molar-refractivity contribution in [3.63, 3.8) is 0 Å². The molecule has 0 saturated carbocycles. The van der Waals surface area contributed by atoms with Gasteiger partial charge in [0.1, 0.15) is 0 Å². The first-order chi connectivity index (χ1) is 9.51. The van der Waals surface area contributed by atoms with Crippen molar-refractivity contribution < 1.29 is 19.4 Å². The predicted molar refractivity (Wildman–Crippen MR) is 78.3 cm³/mol. The lowest BCUT2D eigenvalue weighted by Crippen LogP contribution is -2.39. The molecule has 0 aromatic heterocycles. The number of hydrogen-bond acceptors (Lipinski definition) is 4. The van der Waals surface area contributed by atoms with E-state index < -0.39 is 5.92 Å². The normalized spacial score (nSPS) is 11.8. The van der Waals surface area contributed by atoms with Crippen LogP contribution >= 0.6 is 15.9 Å². The van der Waals surface area contributed by atoms with Gasteiger partial charge in [-0.2, -0.15) is 0 Å². The summed E-state index contributed by atoms with van der Waals surface area (Å²) in [4.78, 5) is 25.3. The Bertz CT molecular complexity index is 478. The minimum absolute atomic E-state index is 0.163. The molecule has 0 saturated heterocycles. The fraction of sp³-hybridized carbons (Fsp3) is 0.429. The molecule has 0 aliphatic heterocycles. The van der Waals surface area contributed by atoms with Crippen molar-refractivity contribution >= 4 is 27.8 Å². The van der Waals surface area contributed by atoms with Crippen LogP contribution in [0.3, 0.4) is 0 Å². The van der Waals surface area contributed by atoms with Crippen molar-refractivity contribution in [2.24, 2.45) is 5.92 Å². The number of ether oxygens (including phenoxy) is 1. The summed E-state index contributed by atoms with van der Waals surface area (Å²) in [6, 6.07) is 7.04. The second-order valence-corrected chi connectivity index (χ2v) is 5.23. The highest BCUT2D eigenvalue weighted by molar-refractivity contribution is 9.10. The van der Waals surface area contributed by atoms with Crippen LogP contribution in [0.4, 0.5) is 0 Å². The molecule has 0 spiro atoms. The Balaban J connectivity index is 2.88. The largest absolute Gasteiger partial charge is 0.469 e. The molecule has 20 heavy (non-hydrogen) atoms. The van der Waals surface area contributed by atoms with Crippen molar-refractivity contribution in [3.8, 4) is 0 Å². The van der Waals surface area contributed by atoms with Gasteiger partial charge in [0.15, 0.2) is 0 Å². The summed E-state index contributed by atoms with van der Waals surface area (Å²) in [5.41, 5.74) is 0.498. The summed E-state index contributed by atoms with van der Waals surface area (Å²) >= 11 is 3.32. The number of halogens is 1. The highest BCUT2D eigenvalue weighted by atomic mass is 79.9. The second kappa shape index (κ2) is 8.01. The summed E-state index contributed by atoms with van der Waals surface area (Å²) in [6.07, 6.45) is 0. The van der Waals surface area contributed by atoms with E-state index in [2.05, 4.69) is 20.7 Å². The Morgan fingerprint density at radius 2 is 2.05 bits per heavy atom. The molecule has 1 rings (SSSR count). The number of esters is 1. The monoisotopic (exact) mass is 343 g/mol. The van der Waals surface area contributed by atoms with E-state index in [1.165, 1.54) is 12.0 Å². The lowest BCUT2D eigenvalue weighted by molar-refractivity contribution is -0.145. The summed E-state index contributed by atoms with van der Waals surface area (Å²) < 4.78 is 5.33. The standard InChI is InChI=1S/C14H18BrNO4/c1-10(14(19)20-2)9-16(7-8-17)13(18)11-5-3-4-6-12(11)15/h3-6,10,17H,7-9H2,1-2H3. The molecule has 110 valence electrons. The van der Waals surface area contributed by atoms with Gasteiger partial charge in [0.25, 0.3) is 5.91 Å². The molecule has 0 radical (unpaired) electrons. The quantitative estimate of drug-likeness (QED) is 0.798. The van der Waals surface area contributed by atoms with Crippen LogP contribution in [0.25, 0.3) is 0 Å². The third kappa shape index (κ3) is 4.31. The van der Waals surface area contributed by atoms with Crippen LogP contribution in [-0.4, -0.2) is 48.7 Å². The number of aliphatic hydroxyl groups excluding tert-OH is 1. The Labute approximate surface area is 126 Å². The zero-order valence-electron chi connectivity index (χ0n) is 11.5.